The standard InChI is InChI=1S/C14H17N3O3S4/c1-5-20-12(19)10-7(2)8(3)23-11(10)15-9(18)6-22-14-17-16-13(21-4)24-14/h5-6H2,1-4H3,(H,15,18). The number of carbonyl (C=O) groups excluding carboxylic acids is 2. The molecule has 2 heterocycles. The zero-order valence-corrected chi connectivity index (χ0v) is 16.9. The molecule has 0 bridgehead atoms. The minimum atomic E-state index is -0.406. The lowest BCUT2D eigenvalue weighted by molar-refractivity contribution is -0.113. The van der Waals surface area contributed by atoms with Gasteiger partial charge in [-0.3, -0.25) is 4.79 Å². The summed E-state index contributed by atoms with van der Waals surface area (Å²) in [7, 11) is 0. The fourth-order valence-corrected chi connectivity index (χ4v) is 5.09. The zero-order chi connectivity index (χ0) is 17.7. The topological polar surface area (TPSA) is 81.2 Å². The van der Waals surface area contributed by atoms with Crippen LogP contribution in [0.2, 0.25) is 0 Å². The predicted molar refractivity (Wildman–Crippen MR) is 101 cm³/mol. The van der Waals surface area contributed by atoms with Gasteiger partial charge in [0, 0.05) is 4.88 Å². The van der Waals surface area contributed by atoms with E-state index in [0.29, 0.717) is 17.2 Å². The molecule has 6 nitrogen and oxygen atoms in total. The monoisotopic (exact) mass is 403 g/mol. The third kappa shape index (κ3) is 4.71. The molecule has 0 unspecified atom stereocenters. The molecule has 10 heteroatoms. The van der Waals surface area contributed by atoms with Crippen LogP contribution in [0.1, 0.15) is 27.7 Å². The van der Waals surface area contributed by atoms with E-state index < -0.39 is 5.97 Å². The number of hydrogen-bond acceptors (Lipinski definition) is 9. The first-order valence-corrected chi connectivity index (χ1v) is 10.9. The van der Waals surface area contributed by atoms with Gasteiger partial charge in [-0.25, -0.2) is 4.79 Å². The van der Waals surface area contributed by atoms with Crippen molar-refractivity contribution >= 4 is 63.1 Å². The van der Waals surface area contributed by atoms with Gasteiger partial charge in [0.05, 0.1) is 17.9 Å². The Labute approximate surface area is 156 Å². The second-order valence-corrected chi connectivity index (χ2v) is 9.06. The van der Waals surface area contributed by atoms with Gasteiger partial charge < -0.3 is 10.1 Å². The summed E-state index contributed by atoms with van der Waals surface area (Å²) < 4.78 is 6.70. The molecule has 1 N–H and O–H groups in total. The van der Waals surface area contributed by atoms with E-state index in [4.69, 9.17) is 4.74 Å². The minimum Gasteiger partial charge on any atom is -0.462 e. The smallest absolute Gasteiger partial charge is 0.341 e. The summed E-state index contributed by atoms with van der Waals surface area (Å²) in [4.78, 5) is 25.3. The molecule has 0 aliphatic carbocycles. The number of hydrogen-bond donors (Lipinski definition) is 1. The number of nitrogens with one attached hydrogen (secondary N) is 1. The van der Waals surface area contributed by atoms with Crippen LogP contribution in [0, 0.1) is 13.8 Å². The van der Waals surface area contributed by atoms with Crippen LogP contribution in [0.5, 0.6) is 0 Å². The number of aryl methyl sites for hydroxylation is 1. The fraction of sp³-hybridized carbons (Fsp3) is 0.429. The van der Waals surface area contributed by atoms with E-state index in [0.717, 1.165) is 19.1 Å². The molecule has 0 aromatic carbocycles. The van der Waals surface area contributed by atoms with Gasteiger partial charge in [-0.2, -0.15) is 0 Å². The number of thioether (sulfide) groups is 2. The molecule has 130 valence electrons. The van der Waals surface area contributed by atoms with E-state index in [1.54, 1.807) is 6.92 Å². The van der Waals surface area contributed by atoms with Crippen molar-refractivity contribution < 1.29 is 14.3 Å². The number of rotatable bonds is 7. The van der Waals surface area contributed by atoms with Crippen LogP contribution in [0.4, 0.5) is 5.00 Å². The molecule has 0 fully saturated rings. The van der Waals surface area contributed by atoms with Gasteiger partial charge in [-0.05, 0) is 32.6 Å². The summed E-state index contributed by atoms with van der Waals surface area (Å²) in [6, 6.07) is 0. The highest BCUT2D eigenvalue weighted by Crippen LogP contribution is 2.33. The van der Waals surface area contributed by atoms with Crippen LogP contribution in [0.3, 0.4) is 0 Å². The van der Waals surface area contributed by atoms with Crippen molar-refractivity contribution in [2.24, 2.45) is 0 Å². The molecule has 0 spiro atoms. The van der Waals surface area contributed by atoms with E-state index in [1.165, 1.54) is 46.2 Å². The Morgan fingerprint density at radius 2 is 1.92 bits per heavy atom. The fourth-order valence-electron chi connectivity index (χ4n) is 1.79. The molecule has 2 rings (SSSR count). The van der Waals surface area contributed by atoms with Gasteiger partial charge in [-0.1, -0.05) is 34.9 Å². The van der Waals surface area contributed by atoms with Crippen molar-refractivity contribution in [3.8, 4) is 0 Å². The summed E-state index contributed by atoms with van der Waals surface area (Å²) in [5, 5.41) is 11.4. The van der Waals surface area contributed by atoms with Gasteiger partial charge in [0.1, 0.15) is 5.00 Å². The quantitative estimate of drug-likeness (QED) is 0.555. The highest BCUT2D eigenvalue weighted by Gasteiger charge is 2.22. The van der Waals surface area contributed by atoms with Crippen molar-refractivity contribution in [1.29, 1.82) is 0 Å². The number of thiophene rings is 1. The highest BCUT2D eigenvalue weighted by atomic mass is 32.2. The van der Waals surface area contributed by atoms with Crippen LogP contribution in [-0.2, 0) is 9.53 Å². The number of aromatic nitrogens is 2. The molecular weight excluding hydrogens is 386 g/mol. The normalized spacial score (nSPS) is 10.7. The number of ether oxygens (including phenoxy) is 1. The van der Waals surface area contributed by atoms with Crippen LogP contribution >= 0.6 is 46.2 Å². The average Bonchev–Trinajstić information content (AvgIpc) is 3.11. The van der Waals surface area contributed by atoms with Gasteiger partial charge in [-0.15, -0.1) is 21.5 Å². The minimum absolute atomic E-state index is 0.187. The SMILES string of the molecule is CCOC(=O)c1c(NC(=O)CSc2nnc(SC)s2)sc(C)c1C. The summed E-state index contributed by atoms with van der Waals surface area (Å²) in [6.07, 6.45) is 1.93. The van der Waals surface area contributed by atoms with Crippen molar-refractivity contribution in [3.05, 3.63) is 16.0 Å². The molecule has 0 radical (unpaired) electrons. The maximum atomic E-state index is 12.2. The first kappa shape index (κ1) is 19.2. The maximum Gasteiger partial charge on any atom is 0.341 e. The number of esters is 1. The van der Waals surface area contributed by atoms with E-state index in [2.05, 4.69) is 15.5 Å². The van der Waals surface area contributed by atoms with Crippen molar-refractivity contribution in [2.45, 2.75) is 29.5 Å². The largest absolute Gasteiger partial charge is 0.462 e. The van der Waals surface area contributed by atoms with Gasteiger partial charge in [0.25, 0.3) is 0 Å². The van der Waals surface area contributed by atoms with E-state index in [-0.39, 0.29) is 11.7 Å². The maximum absolute atomic E-state index is 12.2. The lowest BCUT2D eigenvalue weighted by atomic mass is 10.1. The molecule has 2 aromatic rings. The van der Waals surface area contributed by atoms with E-state index in [9.17, 15) is 9.59 Å². The Kier molecular flexibility index (Phi) is 7.08. The van der Waals surface area contributed by atoms with Crippen molar-refractivity contribution in [2.75, 3.05) is 23.9 Å². The first-order valence-electron chi connectivity index (χ1n) is 7.03. The number of nitrogens with zero attached hydrogens (tertiary/aromatic N) is 2. The molecule has 0 aliphatic heterocycles. The van der Waals surface area contributed by atoms with Crippen LogP contribution < -0.4 is 5.32 Å². The molecule has 0 atom stereocenters. The van der Waals surface area contributed by atoms with Gasteiger partial charge >= 0.3 is 5.97 Å². The number of carbonyl (C=O) groups is 2. The molecule has 0 saturated carbocycles. The first-order chi connectivity index (χ1) is 11.5. The van der Waals surface area contributed by atoms with Crippen LogP contribution in [-0.4, -0.2) is 40.7 Å². The third-order valence-electron chi connectivity index (χ3n) is 3.01. The van der Waals surface area contributed by atoms with Crippen LogP contribution in [0.25, 0.3) is 0 Å². The van der Waals surface area contributed by atoms with Crippen molar-refractivity contribution in [1.82, 2.24) is 10.2 Å². The van der Waals surface area contributed by atoms with Gasteiger partial charge in [0.2, 0.25) is 5.91 Å². The summed E-state index contributed by atoms with van der Waals surface area (Å²) in [6.45, 7) is 5.82. The number of anilines is 1. The Bertz CT molecular complexity index is 742. The second kappa shape index (κ2) is 8.84. The van der Waals surface area contributed by atoms with E-state index in [1.807, 2.05) is 20.1 Å². The molecule has 2 aromatic heterocycles. The average molecular weight is 404 g/mol. The lowest BCUT2D eigenvalue weighted by Crippen LogP contribution is -2.16. The number of amides is 1. The van der Waals surface area contributed by atoms with Crippen LogP contribution in [0.15, 0.2) is 8.68 Å². The van der Waals surface area contributed by atoms with Gasteiger partial charge in [0.15, 0.2) is 8.68 Å². The molecular formula is C14H17N3O3S4. The summed E-state index contributed by atoms with van der Waals surface area (Å²) in [5.41, 5.74) is 1.29. The van der Waals surface area contributed by atoms with E-state index >= 15 is 0 Å². The van der Waals surface area contributed by atoms with Crippen molar-refractivity contribution in [3.63, 3.8) is 0 Å². The second-order valence-electron chi connectivity index (χ2n) is 4.58. The third-order valence-corrected chi connectivity index (χ3v) is 7.16. The Morgan fingerprint density at radius 1 is 1.21 bits per heavy atom. The Hall–Kier alpha value is -1.10. The molecule has 0 saturated heterocycles. The Balaban J connectivity index is 2.03. The highest BCUT2D eigenvalue weighted by molar-refractivity contribution is 8.03. The summed E-state index contributed by atoms with van der Waals surface area (Å²) in [5.74, 6) is -0.384. The molecule has 24 heavy (non-hydrogen) atoms. The lowest BCUT2D eigenvalue weighted by Gasteiger charge is -2.06. The zero-order valence-electron chi connectivity index (χ0n) is 13.7. The predicted octanol–water partition coefficient (Wildman–Crippen LogP) is 3.85. The molecule has 0 aliphatic rings. The Morgan fingerprint density at radius 3 is 2.54 bits per heavy atom. The molecule has 1 amide bonds. The summed E-state index contributed by atoms with van der Waals surface area (Å²) >= 11 is 5.69.